The Bertz CT molecular complexity index is 553. The highest BCUT2D eigenvalue weighted by Crippen LogP contribution is 2.25. The van der Waals surface area contributed by atoms with Crippen molar-refractivity contribution in [1.82, 2.24) is 0 Å². The zero-order valence-corrected chi connectivity index (χ0v) is 11.0. The highest BCUT2D eigenvalue weighted by atomic mass is 79.9. The maximum atomic E-state index is 13.0. The van der Waals surface area contributed by atoms with Crippen molar-refractivity contribution in [3.63, 3.8) is 0 Å². The van der Waals surface area contributed by atoms with Crippen LogP contribution in [0.15, 0.2) is 33.4 Å². The summed E-state index contributed by atoms with van der Waals surface area (Å²) in [6.45, 7) is 0. The van der Waals surface area contributed by atoms with Gasteiger partial charge in [-0.3, -0.25) is 4.79 Å². The first-order valence-electron chi connectivity index (χ1n) is 4.31. The first-order chi connectivity index (χ1) is 7.58. The summed E-state index contributed by atoms with van der Waals surface area (Å²) in [5.74, 6) is -0.742. The molecule has 0 unspecified atom stereocenters. The topological polar surface area (TPSA) is 17.1 Å². The molecule has 0 bridgehead atoms. The van der Waals surface area contributed by atoms with Gasteiger partial charge in [0.05, 0.1) is 8.81 Å². The van der Waals surface area contributed by atoms with Gasteiger partial charge in [0.1, 0.15) is 5.82 Å². The van der Waals surface area contributed by atoms with Crippen LogP contribution in [0, 0.1) is 5.82 Å². The van der Waals surface area contributed by atoms with E-state index in [9.17, 15) is 9.18 Å². The number of carbonyl (C=O) groups is 1. The first kappa shape index (κ1) is 11.8. The highest BCUT2D eigenvalue weighted by Gasteiger charge is 2.15. The van der Waals surface area contributed by atoms with Gasteiger partial charge >= 0.3 is 0 Å². The van der Waals surface area contributed by atoms with Crippen molar-refractivity contribution in [2.75, 3.05) is 0 Å². The zero-order chi connectivity index (χ0) is 11.7. The smallest absolute Gasteiger partial charge is 0.195 e. The normalized spacial score (nSPS) is 10.4. The average molecular weight is 320 g/mol. The summed E-state index contributed by atoms with van der Waals surface area (Å²) in [7, 11) is 0. The van der Waals surface area contributed by atoms with E-state index in [2.05, 4.69) is 15.9 Å². The molecule has 0 atom stereocenters. The molecule has 1 aromatic heterocycles. The largest absolute Gasteiger partial charge is 0.289 e. The van der Waals surface area contributed by atoms with Gasteiger partial charge in [-0.1, -0.05) is 11.6 Å². The molecule has 0 saturated carbocycles. The molecular weight excluding hydrogens is 315 g/mol. The van der Waals surface area contributed by atoms with Gasteiger partial charge in [-0.05, 0) is 40.2 Å². The van der Waals surface area contributed by atoms with E-state index in [1.165, 1.54) is 23.5 Å². The Kier molecular flexibility index (Phi) is 3.42. The Hall–Kier alpha value is -0.710. The summed E-state index contributed by atoms with van der Waals surface area (Å²) in [5, 5.41) is 1.96. The molecule has 0 amide bonds. The summed E-state index contributed by atoms with van der Waals surface area (Å²) >= 11 is 10.5. The van der Waals surface area contributed by atoms with Crippen LogP contribution < -0.4 is 0 Å². The van der Waals surface area contributed by atoms with Gasteiger partial charge in [0.2, 0.25) is 0 Å². The third-order valence-electron chi connectivity index (χ3n) is 2.00. The van der Waals surface area contributed by atoms with Gasteiger partial charge in [0, 0.05) is 16.5 Å². The van der Waals surface area contributed by atoms with Gasteiger partial charge in [0.15, 0.2) is 5.78 Å². The monoisotopic (exact) mass is 318 g/mol. The van der Waals surface area contributed by atoms with E-state index in [1.807, 2.05) is 0 Å². The number of halogens is 3. The van der Waals surface area contributed by atoms with Crippen molar-refractivity contribution in [3.05, 3.63) is 55.4 Å². The zero-order valence-electron chi connectivity index (χ0n) is 7.84. The Morgan fingerprint density at radius 1 is 1.38 bits per heavy atom. The predicted molar refractivity (Wildman–Crippen MR) is 66.9 cm³/mol. The number of hydrogen-bond acceptors (Lipinski definition) is 2. The Labute approximate surface area is 109 Å². The number of carbonyl (C=O) groups excluding carboxylic acids is 1. The molecule has 5 heteroatoms. The Morgan fingerprint density at radius 3 is 2.75 bits per heavy atom. The number of ketones is 1. The summed E-state index contributed by atoms with van der Waals surface area (Å²) in [6, 6.07) is 5.44. The average Bonchev–Trinajstić information content (AvgIpc) is 2.67. The summed E-state index contributed by atoms with van der Waals surface area (Å²) < 4.78 is 13.9. The SMILES string of the molecule is O=C(c1csc(Br)c1)c1cc(F)ccc1Cl. The second kappa shape index (κ2) is 4.65. The van der Waals surface area contributed by atoms with Crippen LogP contribution in [0.5, 0.6) is 0 Å². The fourth-order valence-electron chi connectivity index (χ4n) is 1.26. The minimum atomic E-state index is -0.470. The van der Waals surface area contributed by atoms with E-state index in [1.54, 1.807) is 11.4 Å². The molecule has 1 nitrogen and oxygen atoms in total. The quantitative estimate of drug-likeness (QED) is 0.743. The van der Waals surface area contributed by atoms with Gasteiger partial charge in [-0.2, -0.15) is 0 Å². The fraction of sp³-hybridized carbons (Fsp3) is 0. The van der Waals surface area contributed by atoms with E-state index >= 15 is 0 Å². The van der Waals surface area contributed by atoms with Crippen LogP contribution >= 0.6 is 38.9 Å². The lowest BCUT2D eigenvalue weighted by Gasteiger charge is -2.01. The lowest BCUT2D eigenvalue weighted by molar-refractivity contribution is 0.103. The molecule has 0 aliphatic heterocycles. The van der Waals surface area contributed by atoms with E-state index in [-0.39, 0.29) is 16.4 Å². The van der Waals surface area contributed by atoms with Gasteiger partial charge in [-0.15, -0.1) is 11.3 Å². The third kappa shape index (κ3) is 2.34. The maximum Gasteiger partial charge on any atom is 0.195 e. The molecule has 82 valence electrons. The fourth-order valence-corrected chi connectivity index (χ4v) is 2.60. The molecule has 1 heterocycles. The van der Waals surface area contributed by atoms with Crippen LogP contribution in [-0.4, -0.2) is 5.78 Å². The standard InChI is InChI=1S/C11H5BrClFOS/c12-10-3-6(5-16-10)11(15)8-4-7(14)1-2-9(8)13/h1-5H. The van der Waals surface area contributed by atoms with Crippen LogP contribution in [0.3, 0.4) is 0 Å². The highest BCUT2D eigenvalue weighted by molar-refractivity contribution is 9.11. The molecule has 0 saturated heterocycles. The molecule has 0 radical (unpaired) electrons. The van der Waals surface area contributed by atoms with E-state index in [0.717, 1.165) is 9.85 Å². The van der Waals surface area contributed by atoms with Crippen LogP contribution in [-0.2, 0) is 0 Å². The number of benzene rings is 1. The molecule has 0 fully saturated rings. The summed E-state index contributed by atoms with van der Waals surface area (Å²) in [4.78, 5) is 12.0. The van der Waals surface area contributed by atoms with Crippen molar-refractivity contribution in [3.8, 4) is 0 Å². The Balaban J connectivity index is 2.45. The van der Waals surface area contributed by atoms with Crippen LogP contribution in [0.25, 0.3) is 0 Å². The molecule has 2 rings (SSSR count). The second-order valence-corrected chi connectivity index (χ2v) is 5.79. The molecule has 0 spiro atoms. The lowest BCUT2D eigenvalue weighted by atomic mass is 10.1. The third-order valence-corrected chi connectivity index (χ3v) is 3.84. The van der Waals surface area contributed by atoms with Crippen LogP contribution in [0.2, 0.25) is 5.02 Å². The minimum Gasteiger partial charge on any atom is -0.289 e. The van der Waals surface area contributed by atoms with E-state index in [4.69, 9.17) is 11.6 Å². The summed E-state index contributed by atoms with van der Waals surface area (Å²) in [5.41, 5.74) is 0.691. The van der Waals surface area contributed by atoms with Crippen molar-refractivity contribution in [1.29, 1.82) is 0 Å². The van der Waals surface area contributed by atoms with E-state index < -0.39 is 5.82 Å². The molecular formula is C11H5BrClFOS. The minimum absolute atomic E-state index is 0.187. The van der Waals surface area contributed by atoms with E-state index in [0.29, 0.717) is 5.56 Å². The number of thiophene rings is 1. The van der Waals surface area contributed by atoms with Crippen molar-refractivity contribution in [2.24, 2.45) is 0 Å². The van der Waals surface area contributed by atoms with Crippen LogP contribution in [0.4, 0.5) is 4.39 Å². The summed E-state index contributed by atoms with van der Waals surface area (Å²) in [6.07, 6.45) is 0. The number of hydrogen-bond donors (Lipinski definition) is 0. The molecule has 0 N–H and O–H groups in total. The molecule has 16 heavy (non-hydrogen) atoms. The van der Waals surface area contributed by atoms with Crippen LogP contribution in [0.1, 0.15) is 15.9 Å². The molecule has 0 aliphatic carbocycles. The number of rotatable bonds is 2. The van der Waals surface area contributed by atoms with Gasteiger partial charge in [0.25, 0.3) is 0 Å². The predicted octanol–water partition coefficient (Wildman–Crippen LogP) is 4.53. The van der Waals surface area contributed by atoms with Crippen molar-refractivity contribution < 1.29 is 9.18 Å². The van der Waals surface area contributed by atoms with Crippen molar-refractivity contribution >= 4 is 44.7 Å². The van der Waals surface area contributed by atoms with Crippen molar-refractivity contribution in [2.45, 2.75) is 0 Å². The molecule has 2 aromatic rings. The Morgan fingerprint density at radius 2 is 2.12 bits per heavy atom. The lowest BCUT2D eigenvalue weighted by Crippen LogP contribution is -2.01. The maximum absolute atomic E-state index is 13.0. The van der Waals surface area contributed by atoms with Gasteiger partial charge in [-0.25, -0.2) is 4.39 Å². The molecule has 0 aliphatic rings. The van der Waals surface area contributed by atoms with Gasteiger partial charge < -0.3 is 0 Å². The second-order valence-electron chi connectivity index (χ2n) is 3.09. The molecule has 1 aromatic carbocycles. The first-order valence-corrected chi connectivity index (χ1v) is 6.37.